The molecule has 1 saturated carbocycles. The zero-order chi connectivity index (χ0) is 14.7. The fourth-order valence-electron chi connectivity index (χ4n) is 2.87. The molecule has 0 spiro atoms. The van der Waals surface area contributed by atoms with Crippen LogP contribution in [0.5, 0.6) is 5.75 Å². The van der Waals surface area contributed by atoms with E-state index in [0.717, 1.165) is 35.1 Å². The van der Waals surface area contributed by atoms with E-state index >= 15 is 0 Å². The molecule has 0 aliphatic heterocycles. The third kappa shape index (κ3) is 3.10. The first-order valence-electron chi connectivity index (χ1n) is 7.40. The fourth-order valence-corrected chi connectivity index (χ4v) is 2.87. The Labute approximate surface area is 124 Å². The number of hydrogen-bond donors (Lipinski definition) is 2. The van der Waals surface area contributed by atoms with Gasteiger partial charge in [-0.1, -0.05) is 12.8 Å². The van der Waals surface area contributed by atoms with Gasteiger partial charge < -0.3 is 15.0 Å². The van der Waals surface area contributed by atoms with Gasteiger partial charge in [-0.25, -0.2) is 0 Å². The molecule has 1 aromatic carbocycles. The van der Waals surface area contributed by atoms with Crippen LogP contribution < -0.4 is 10.1 Å². The molecule has 0 atom stereocenters. The van der Waals surface area contributed by atoms with Gasteiger partial charge in [0.15, 0.2) is 0 Å². The summed E-state index contributed by atoms with van der Waals surface area (Å²) in [6.45, 7) is 0. The van der Waals surface area contributed by atoms with Crippen molar-refractivity contribution in [3.05, 3.63) is 36.0 Å². The summed E-state index contributed by atoms with van der Waals surface area (Å²) in [6, 6.07) is 6.22. The summed E-state index contributed by atoms with van der Waals surface area (Å²) in [7, 11) is 1.65. The van der Waals surface area contributed by atoms with Gasteiger partial charge >= 0.3 is 0 Å². The Morgan fingerprint density at radius 1 is 1.38 bits per heavy atom. The number of nitrogens with one attached hydrogen (secondary N) is 2. The number of H-pyrrole nitrogens is 1. The standard InChI is InChI=1S/C17H20N2O2/c1-21-14-7-8-16-15(10-14)12(11-18-16)6-9-17(20)19-13-4-2-3-5-13/h6-11,13,18H,2-5H2,1H3,(H,19,20)/b9-6+. The fraction of sp³-hybridized carbons (Fsp3) is 0.353. The summed E-state index contributed by atoms with van der Waals surface area (Å²) in [5, 5.41) is 4.11. The van der Waals surface area contributed by atoms with Crippen molar-refractivity contribution in [3.8, 4) is 5.75 Å². The number of fused-ring (bicyclic) bond motifs is 1. The van der Waals surface area contributed by atoms with E-state index in [9.17, 15) is 4.79 Å². The molecule has 2 N–H and O–H groups in total. The van der Waals surface area contributed by atoms with E-state index in [1.54, 1.807) is 13.2 Å². The van der Waals surface area contributed by atoms with Gasteiger partial charge in [0, 0.05) is 34.8 Å². The predicted octanol–water partition coefficient (Wildman–Crippen LogP) is 3.25. The van der Waals surface area contributed by atoms with Gasteiger partial charge in [0.05, 0.1) is 7.11 Å². The van der Waals surface area contributed by atoms with Crippen molar-refractivity contribution in [1.82, 2.24) is 10.3 Å². The molecule has 1 amide bonds. The van der Waals surface area contributed by atoms with Gasteiger partial charge in [-0.05, 0) is 37.1 Å². The smallest absolute Gasteiger partial charge is 0.244 e. The van der Waals surface area contributed by atoms with Crippen LogP contribution in [0.1, 0.15) is 31.2 Å². The van der Waals surface area contributed by atoms with Crippen LogP contribution in [0.4, 0.5) is 0 Å². The maximum atomic E-state index is 11.9. The van der Waals surface area contributed by atoms with Gasteiger partial charge in [0.2, 0.25) is 5.91 Å². The number of aromatic amines is 1. The Bertz CT molecular complexity index is 666. The number of ether oxygens (including phenoxy) is 1. The number of carbonyl (C=O) groups excluding carboxylic acids is 1. The van der Waals surface area contributed by atoms with Crippen LogP contribution in [0.3, 0.4) is 0 Å². The third-order valence-corrected chi connectivity index (χ3v) is 4.04. The number of benzene rings is 1. The molecule has 0 unspecified atom stereocenters. The number of amides is 1. The largest absolute Gasteiger partial charge is 0.497 e. The minimum atomic E-state index is -0.0147. The number of methoxy groups -OCH3 is 1. The molecule has 21 heavy (non-hydrogen) atoms. The van der Waals surface area contributed by atoms with Crippen LogP contribution in [0.2, 0.25) is 0 Å². The third-order valence-electron chi connectivity index (χ3n) is 4.04. The van der Waals surface area contributed by atoms with E-state index in [0.29, 0.717) is 6.04 Å². The van der Waals surface area contributed by atoms with Crippen molar-refractivity contribution < 1.29 is 9.53 Å². The Morgan fingerprint density at radius 3 is 2.95 bits per heavy atom. The molecule has 1 heterocycles. The monoisotopic (exact) mass is 284 g/mol. The normalized spacial score (nSPS) is 15.9. The highest BCUT2D eigenvalue weighted by molar-refractivity contribution is 5.96. The lowest BCUT2D eigenvalue weighted by atomic mass is 10.1. The van der Waals surface area contributed by atoms with Gasteiger partial charge in [-0.15, -0.1) is 0 Å². The second kappa shape index (κ2) is 6.04. The molecule has 4 heteroatoms. The Balaban J connectivity index is 1.74. The lowest BCUT2D eigenvalue weighted by molar-refractivity contribution is -0.117. The summed E-state index contributed by atoms with van der Waals surface area (Å²) in [5.41, 5.74) is 2.03. The molecule has 1 fully saturated rings. The minimum absolute atomic E-state index is 0.0147. The molecule has 0 saturated heterocycles. The molecule has 3 rings (SSSR count). The Morgan fingerprint density at radius 2 is 2.19 bits per heavy atom. The van der Waals surface area contributed by atoms with Gasteiger partial charge in [-0.2, -0.15) is 0 Å². The highest BCUT2D eigenvalue weighted by Gasteiger charge is 2.15. The van der Waals surface area contributed by atoms with Crippen LogP contribution in [0, 0.1) is 0 Å². The predicted molar refractivity (Wildman–Crippen MR) is 84.3 cm³/mol. The van der Waals surface area contributed by atoms with E-state index in [1.165, 1.54) is 12.8 Å². The van der Waals surface area contributed by atoms with Crippen LogP contribution in [-0.4, -0.2) is 24.0 Å². The minimum Gasteiger partial charge on any atom is -0.497 e. The van der Waals surface area contributed by atoms with Gasteiger partial charge in [-0.3, -0.25) is 4.79 Å². The number of rotatable bonds is 4. The first kappa shape index (κ1) is 13.7. The first-order valence-corrected chi connectivity index (χ1v) is 7.40. The summed E-state index contributed by atoms with van der Waals surface area (Å²) >= 11 is 0. The zero-order valence-electron chi connectivity index (χ0n) is 12.2. The van der Waals surface area contributed by atoms with Crippen molar-refractivity contribution in [2.75, 3.05) is 7.11 Å². The lowest BCUT2D eigenvalue weighted by Gasteiger charge is -2.08. The summed E-state index contributed by atoms with van der Waals surface area (Å²) in [5.74, 6) is 0.798. The topological polar surface area (TPSA) is 54.1 Å². The van der Waals surface area contributed by atoms with E-state index in [2.05, 4.69) is 10.3 Å². The van der Waals surface area contributed by atoms with E-state index in [1.807, 2.05) is 30.5 Å². The second-order valence-corrected chi connectivity index (χ2v) is 5.48. The molecular weight excluding hydrogens is 264 g/mol. The van der Waals surface area contributed by atoms with E-state index < -0.39 is 0 Å². The summed E-state index contributed by atoms with van der Waals surface area (Å²) < 4.78 is 5.24. The first-order chi connectivity index (χ1) is 10.3. The molecule has 110 valence electrons. The van der Waals surface area contributed by atoms with Crippen molar-refractivity contribution in [3.63, 3.8) is 0 Å². The average molecular weight is 284 g/mol. The van der Waals surface area contributed by atoms with E-state index in [4.69, 9.17) is 4.74 Å². The van der Waals surface area contributed by atoms with Crippen molar-refractivity contribution in [1.29, 1.82) is 0 Å². The van der Waals surface area contributed by atoms with Crippen molar-refractivity contribution in [2.24, 2.45) is 0 Å². The molecule has 2 aromatic rings. The Kier molecular flexibility index (Phi) is 3.95. The van der Waals surface area contributed by atoms with Crippen LogP contribution in [-0.2, 0) is 4.79 Å². The van der Waals surface area contributed by atoms with Crippen molar-refractivity contribution >= 4 is 22.9 Å². The highest BCUT2D eigenvalue weighted by Crippen LogP contribution is 2.24. The SMILES string of the molecule is COc1ccc2[nH]cc(/C=C/C(=O)NC3CCCC3)c2c1. The molecule has 1 aromatic heterocycles. The number of hydrogen-bond acceptors (Lipinski definition) is 2. The maximum absolute atomic E-state index is 11.9. The lowest BCUT2D eigenvalue weighted by Crippen LogP contribution is -2.30. The van der Waals surface area contributed by atoms with Gasteiger partial charge in [0.25, 0.3) is 0 Å². The van der Waals surface area contributed by atoms with Crippen LogP contribution >= 0.6 is 0 Å². The molecule has 4 nitrogen and oxygen atoms in total. The second-order valence-electron chi connectivity index (χ2n) is 5.48. The highest BCUT2D eigenvalue weighted by atomic mass is 16.5. The molecular formula is C17H20N2O2. The maximum Gasteiger partial charge on any atom is 0.244 e. The average Bonchev–Trinajstić information content (AvgIpc) is 3.14. The van der Waals surface area contributed by atoms with Crippen LogP contribution in [0.25, 0.3) is 17.0 Å². The number of carbonyl (C=O) groups is 1. The van der Waals surface area contributed by atoms with Crippen molar-refractivity contribution in [2.45, 2.75) is 31.7 Å². The van der Waals surface area contributed by atoms with Crippen LogP contribution in [0.15, 0.2) is 30.5 Å². The van der Waals surface area contributed by atoms with E-state index in [-0.39, 0.29) is 5.91 Å². The quantitative estimate of drug-likeness (QED) is 0.847. The molecule has 1 aliphatic carbocycles. The molecule has 0 radical (unpaired) electrons. The molecule has 0 bridgehead atoms. The zero-order valence-corrected chi connectivity index (χ0v) is 12.2. The summed E-state index contributed by atoms with van der Waals surface area (Å²) in [6.07, 6.45) is 10.0. The number of aromatic nitrogens is 1. The van der Waals surface area contributed by atoms with Gasteiger partial charge in [0.1, 0.15) is 5.75 Å². The molecule has 1 aliphatic rings. The summed E-state index contributed by atoms with van der Waals surface area (Å²) in [4.78, 5) is 15.1. The Hall–Kier alpha value is -2.23.